The zero-order chi connectivity index (χ0) is 35.7. The van der Waals surface area contributed by atoms with Gasteiger partial charge in [0.15, 0.2) is 29.5 Å². The van der Waals surface area contributed by atoms with Crippen LogP contribution in [0.2, 0.25) is 0 Å². The molecule has 3 aliphatic rings. The van der Waals surface area contributed by atoms with Crippen molar-refractivity contribution in [3.8, 4) is 22.6 Å². The highest BCUT2D eigenvalue weighted by atomic mass is 127. The van der Waals surface area contributed by atoms with Crippen LogP contribution in [0.4, 0.5) is 0 Å². The minimum absolute atomic E-state index is 0.0128. The third-order valence-electron chi connectivity index (χ3n) is 14.4. The van der Waals surface area contributed by atoms with Crippen molar-refractivity contribution < 1.29 is 13.4 Å². The second-order valence-electron chi connectivity index (χ2n) is 16.5. The first-order valence-electron chi connectivity index (χ1n) is 18.4. The van der Waals surface area contributed by atoms with E-state index in [-0.39, 0.29) is 32.8 Å². The zero-order valence-electron chi connectivity index (χ0n) is 30.6. The molecule has 258 valence electrons. The summed E-state index contributed by atoms with van der Waals surface area (Å²) in [5.41, 5.74) is 7.84. The summed E-state index contributed by atoms with van der Waals surface area (Å²) in [5, 5.41) is 2.40. The van der Waals surface area contributed by atoms with Gasteiger partial charge in [-0.25, -0.2) is 14.8 Å². The molecule has 0 saturated carbocycles. The number of fused-ring (bicyclic) bond motifs is 11. The topological polar surface area (TPSA) is 64.0 Å². The van der Waals surface area contributed by atoms with E-state index in [1.165, 1.54) is 38.9 Å². The van der Waals surface area contributed by atoms with E-state index in [1.54, 1.807) is 0 Å². The van der Waals surface area contributed by atoms with Crippen molar-refractivity contribution in [2.75, 3.05) is 4.43 Å². The lowest BCUT2D eigenvalue weighted by Crippen LogP contribution is -2.73. The molecule has 0 saturated heterocycles. The van der Waals surface area contributed by atoms with Gasteiger partial charge in [0.05, 0.1) is 29.5 Å². The van der Waals surface area contributed by atoms with Crippen molar-refractivity contribution in [3.05, 3.63) is 124 Å². The summed E-state index contributed by atoms with van der Waals surface area (Å²) in [7, 11) is 0. The largest absolute Gasteiger partial charge is 0.416 e. The lowest BCUT2D eigenvalue weighted by Gasteiger charge is -2.51. The maximum absolute atomic E-state index is 13.3. The van der Waals surface area contributed by atoms with Gasteiger partial charge in [0.25, 0.3) is 5.52 Å². The van der Waals surface area contributed by atoms with E-state index >= 15 is 0 Å². The monoisotopic (exact) mass is 788 g/mol. The van der Waals surface area contributed by atoms with Crippen LogP contribution in [0.25, 0.3) is 38.9 Å². The van der Waals surface area contributed by atoms with E-state index in [2.05, 4.69) is 141 Å². The van der Waals surface area contributed by atoms with Gasteiger partial charge < -0.3 is 4.42 Å². The molecule has 3 atom stereocenters. The third-order valence-corrected chi connectivity index (χ3v) is 16.0. The Bertz CT molecular complexity index is 2520. The molecular weight excluding hydrogens is 743 g/mol. The summed E-state index contributed by atoms with van der Waals surface area (Å²) in [6.07, 6.45) is 9.67. The van der Waals surface area contributed by atoms with Gasteiger partial charge in [-0.2, -0.15) is 8.97 Å². The average molecular weight is 789 g/mol. The molecule has 2 aliphatic carbocycles. The minimum Gasteiger partial charge on any atom is -0.416 e. The Labute approximate surface area is 313 Å². The fourth-order valence-corrected chi connectivity index (χ4v) is 11.7. The lowest BCUT2D eigenvalue weighted by atomic mass is 9.53. The first kappa shape index (κ1) is 32.9. The minimum atomic E-state index is -0.356. The molecule has 0 spiro atoms. The SMILES string of the molecule is CCC12Cc3c(oc(=O)c4cccc[n+]34)CC1(CC)[n+]1cc3ccccc3cc1-c1cc(-c3ncc4c(n3)C(C)(CI)C(C)(C)C4(C)C)ccc12. The quantitative estimate of drug-likeness (QED) is 0.102. The highest BCUT2D eigenvalue weighted by Gasteiger charge is 2.66. The zero-order valence-corrected chi connectivity index (χ0v) is 32.8. The van der Waals surface area contributed by atoms with Crippen LogP contribution in [0.1, 0.15) is 89.6 Å². The highest BCUT2D eigenvalue weighted by molar-refractivity contribution is 14.1. The smallest absolute Gasteiger partial charge is 0.409 e. The van der Waals surface area contributed by atoms with Crippen molar-refractivity contribution >= 4 is 38.9 Å². The summed E-state index contributed by atoms with van der Waals surface area (Å²) >= 11 is 2.55. The molecule has 0 fully saturated rings. The fraction of sp³-hybridized carbons (Fsp3) is 0.386. The summed E-state index contributed by atoms with van der Waals surface area (Å²) in [6.45, 7) is 16.5. The molecule has 6 aromatic rings. The van der Waals surface area contributed by atoms with Gasteiger partial charge >= 0.3 is 5.63 Å². The standard InChI is InChI=1S/C44H45IN4O2/c1-8-43-22-35-36(51-39(50)33-16-12-13-19-48(33)35)23-44(43,9-2)49-25-29-15-11-10-14-27(29)21-34(49)30-20-28(17-18-31(30)43)38-46-24-32-37(47-38)42(7,26-45)41(5,6)40(32,3)4/h10-21,24-25H,8-9,22-23,26H2,1-7H3/q+2. The molecule has 7 heteroatoms. The second kappa shape index (κ2) is 10.8. The molecule has 0 bridgehead atoms. The Hall–Kier alpha value is -3.98. The number of hydrogen-bond donors (Lipinski definition) is 0. The van der Waals surface area contributed by atoms with E-state index in [1.807, 2.05) is 24.4 Å². The molecule has 2 aromatic carbocycles. The molecular formula is C44H45IN4O2+2. The Morgan fingerprint density at radius 2 is 1.65 bits per heavy atom. The van der Waals surface area contributed by atoms with Crippen LogP contribution in [0.3, 0.4) is 0 Å². The fourth-order valence-electron chi connectivity index (χ4n) is 10.4. The Morgan fingerprint density at radius 1 is 0.882 bits per heavy atom. The summed E-state index contributed by atoms with van der Waals surface area (Å²) in [6, 6.07) is 23.8. The highest BCUT2D eigenvalue weighted by Crippen LogP contribution is 2.62. The molecule has 0 amide bonds. The van der Waals surface area contributed by atoms with Crippen LogP contribution in [-0.2, 0) is 34.6 Å². The molecule has 51 heavy (non-hydrogen) atoms. The summed E-state index contributed by atoms with van der Waals surface area (Å²) in [4.78, 5) is 23.9. The number of halogens is 1. The van der Waals surface area contributed by atoms with Gasteiger partial charge in [-0.15, -0.1) is 0 Å². The number of alkyl halides is 1. The van der Waals surface area contributed by atoms with Crippen LogP contribution in [0, 0.1) is 5.41 Å². The van der Waals surface area contributed by atoms with Crippen molar-refractivity contribution in [2.45, 2.75) is 95.9 Å². The van der Waals surface area contributed by atoms with Crippen LogP contribution in [0.15, 0.2) is 94.5 Å². The predicted octanol–water partition coefficient (Wildman–Crippen LogP) is 8.52. The van der Waals surface area contributed by atoms with Crippen molar-refractivity contribution in [3.63, 3.8) is 0 Å². The molecule has 3 unspecified atom stereocenters. The first-order valence-corrected chi connectivity index (χ1v) is 19.9. The van der Waals surface area contributed by atoms with Gasteiger partial charge in [-0.1, -0.05) is 101 Å². The normalized spacial score (nSPS) is 25.2. The van der Waals surface area contributed by atoms with Gasteiger partial charge in [0.1, 0.15) is 0 Å². The van der Waals surface area contributed by atoms with Gasteiger partial charge in [-0.3, -0.25) is 0 Å². The van der Waals surface area contributed by atoms with E-state index in [4.69, 9.17) is 14.4 Å². The van der Waals surface area contributed by atoms with E-state index < -0.39 is 0 Å². The van der Waals surface area contributed by atoms with E-state index in [0.29, 0.717) is 11.9 Å². The number of hydrogen-bond acceptors (Lipinski definition) is 4. The first-order chi connectivity index (χ1) is 24.4. The van der Waals surface area contributed by atoms with Crippen LogP contribution in [0.5, 0.6) is 0 Å². The van der Waals surface area contributed by atoms with Gasteiger partial charge in [0.2, 0.25) is 11.4 Å². The average Bonchev–Trinajstić information content (AvgIpc) is 3.27. The summed E-state index contributed by atoms with van der Waals surface area (Å²) < 4.78 is 11.8. The Balaban J connectivity index is 1.32. The molecule has 9 rings (SSSR count). The molecule has 0 radical (unpaired) electrons. The van der Waals surface area contributed by atoms with Crippen LogP contribution in [-0.4, -0.2) is 14.4 Å². The summed E-state index contributed by atoms with van der Waals surface area (Å²) in [5.74, 6) is 1.57. The molecule has 0 N–H and O–H groups in total. The predicted molar refractivity (Wildman–Crippen MR) is 209 cm³/mol. The Kier molecular flexibility index (Phi) is 6.95. The van der Waals surface area contributed by atoms with Crippen LogP contribution < -0.4 is 14.6 Å². The van der Waals surface area contributed by atoms with Crippen molar-refractivity contribution in [1.82, 2.24) is 9.97 Å². The Morgan fingerprint density at radius 3 is 2.39 bits per heavy atom. The third kappa shape index (κ3) is 3.96. The number of nitrogens with zero attached hydrogens (tertiary/aromatic N) is 4. The lowest BCUT2D eigenvalue weighted by molar-refractivity contribution is -0.770. The second-order valence-corrected chi connectivity index (χ2v) is 17.2. The van der Waals surface area contributed by atoms with Crippen LogP contribution >= 0.6 is 22.6 Å². The molecule has 4 aromatic heterocycles. The molecule has 6 nitrogen and oxygen atoms in total. The van der Waals surface area contributed by atoms with Crippen molar-refractivity contribution in [1.29, 1.82) is 0 Å². The number of pyridine rings is 2. The molecule has 5 heterocycles. The number of aromatic nitrogens is 4. The van der Waals surface area contributed by atoms with E-state index in [9.17, 15) is 4.79 Å². The molecule has 1 aliphatic heterocycles. The maximum Gasteiger partial charge on any atom is 0.409 e. The van der Waals surface area contributed by atoms with Crippen molar-refractivity contribution in [2.24, 2.45) is 5.41 Å². The number of rotatable bonds is 4. The maximum atomic E-state index is 13.3. The van der Waals surface area contributed by atoms with E-state index in [0.717, 1.165) is 46.5 Å². The van der Waals surface area contributed by atoms with Gasteiger partial charge in [0, 0.05) is 51.6 Å². The number of benzene rings is 2. The van der Waals surface area contributed by atoms with Gasteiger partial charge in [-0.05, 0) is 52.0 Å².